The van der Waals surface area contributed by atoms with Crippen molar-refractivity contribution < 1.29 is 0 Å². The molecule has 1 saturated carbocycles. The van der Waals surface area contributed by atoms with Gasteiger partial charge in [-0.1, -0.05) is 44.0 Å². The van der Waals surface area contributed by atoms with Crippen molar-refractivity contribution in [1.29, 1.82) is 0 Å². The molecule has 19 heavy (non-hydrogen) atoms. The number of hydrogen-bond acceptors (Lipinski definition) is 1. The van der Waals surface area contributed by atoms with Gasteiger partial charge in [0.2, 0.25) is 0 Å². The van der Waals surface area contributed by atoms with Crippen LogP contribution in [-0.2, 0) is 12.8 Å². The molecule has 0 spiro atoms. The molecule has 0 bridgehead atoms. The highest BCUT2D eigenvalue weighted by Crippen LogP contribution is 2.45. The molecule has 2 aliphatic rings. The monoisotopic (exact) mass is 257 g/mol. The molecule has 1 N–H and O–H groups in total. The third-order valence-corrected chi connectivity index (χ3v) is 5.09. The molecule has 1 saturated heterocycles. The van der Waals surface area contributed by atoms with Crippen LogP contribution >= 0.6 is 0 Å². The maximum atomic E-state index is 3.93. The first-order chi connectivity index (χ1) is 9.32. The fraction of sp³-hybridized carbons (Fsp3) is 0.667. The standard InChI is InChI=1S/C18H27N/c1-2-15-6-8-16(9-7-15)14-18(17-10-11-17)12-4-3-5-13-19-18/h6-9,17,19H,2-5,10-14H2,1H3. The first-order valence-electron chi connectivity index (χ1n) is 8.15. The Kier molecular flexibility index (Phi) is 3.93. The Morgan fingerprint density at radius 1 is 1.05 bits per heavy atom. The average molecular weight is 257 g/mol. The Labute approximate surface area is 117 Å². The molecule has 0 amide bonds. The third-order valence-electron chi connectivity index (χ3n) is 5.09. The summed E-state index contributed by atoms with van der Waals surface area (Å²) in [5.41, 5.74) is 3.40. The first-order valence-corrected chi connectivity index (χ1v) is 8.15. The molecule has 1 unspecified atom stereocenters. The van der Waals surface area contributed by atoms with Gasteiger partial charge in [0.15, 0.2) is 0 Å². The predicted molar refractivity (Wildman–Crippen MR) is 81.4 cm³/mol. The van der Waals surface area contributed by atoms with Crippen molar-refractivity contribution in [2.45, 2.75) is 63.8 Å². The van der Waals surface area contributed by atoms with Crippen molar-refractivity contribution in [2.24, 2.45) is 5.92 Å². The van der Waals surface area contributed by atoms with Crippen LogP contribution in [0.1, 0.15) is 56.6 Å². The minimum absolute atomic E-state index is 0.421. The third kappa shape index (κ3) is 3.02. The molecule has 1 atom stereocenters. The molecule has 1 nitrogen and oxygen atoms in total. The molecular weight excluding hydrogens is 230 g/mol. The maximum absolute atomic E-state index is 3.93. The highest BCUT2D eigenvalue weighted by atomic mass is 15.0. The van der Waals surface area contributed by atoms with Gasteiger partial charge in [-0.2, -0.15) is 0 Å². The van der Waals surface area contributed by atoms with Crippen molar-refractivity contribution in [3.8, 4) is 0 Å². The van der Waals surface area contributed by atoms with Crippen LogP contribution in [0.4, 0.5) is 0 Å². The lowest BCUT2D eigenvalue weighted by atomic mass is 9.82. The minimum atomic E-state index is 0.421. The van der Waals surface area contributed by atoms with E-state index in [0.717, 1.165) is 12.3 Å². The lowest BCUT2D eigenvalue weighted by Gasteiger charge is -2.34. The summed E-state index contributed by atoms with van der Waals surface area (Å²) < 4.78 is 0. The molecule has 2 fully saturated rings. The van der Waals surface area contributed by atoms with Crippen LogP contribution in [-0.4, -0.2) is 12.1 Å². The van der Waals surface area contributed by atoms with Gasteiger partial charge in [-0.3, -0.25) is 0 Å². The van der Waals surface area contributed by atoms with Crippen LogP contribution in [0.15, 0.2) is 24.3 Å². The highest BCUT2D eigenvalue weighted by Gasteiger charge is 2.44. The molecule has 1 aromatic rings. The summed E-state index contributed by atoms with van der Waals surface area (Å²) in [5.74, 6) is 0.941. The van der Waals surface area contributed by atoms with E-state index in [4.69, 9.17) is 0 Å². The molecule has 1 aliphatic heterocycles. The summed E-state index contributed by atoms with van der Waals surface area (Å²) in [6.45, 7) is 3.46. The van der Waals surface area contributed by atoms with Crippen LogP contribution in [0, 0.1) is 5.92 Å². The SMILES string of the molecule is CCc1ccc(CC2(C3CC3)CCCCCN2)cc1. The minimum Gasteiger partial charge on any atom is -0.311 e. The number of hydrogen-bond donors (Lipinski definition) is 1. The van der Waals surface area contributed by atoms with E-state index >= 15 is 0 Å². The van der Waals surface area contributed by atoms with Gasteiger partial charge in [-0.15, -0.1) is 0 Å². The highest BCUT2D eigenvalue weighted by molar-refractivity contribution is 5.25. The van der Waals surface area contributed by atoms with E-state index in [1.807, 2.05) is 0 Å². The molecule has 0 radical (unpaired) electrons. The average Bonchev–Trinajstić information content (AvgIpc) is 3.27. The lowest BCUT2D eigenvalue weighted by Crippen LogP contribution is -2.48. The molecule has 1 aromatic carbocycles. The van der Waals surface area contributed by atoms with Gasteiger partial charge >= 0.3 is 0 Å². The molecule has 3 rings (SSSR count). The Balaban J connectivity index is 1.76. The second-order valence-electron chi connectivity index (χ2n) is 6.51. The van der Waals surface area contributed by atoms with Crippen LogP contribution in [0.25, 0.3) is 0 Å². The largest absolute Gasteiger partial charge is 0.311 e. The van der Waals surface area contributed by atoms with E-state index in [1.165, 1.54) is 62.6 Å². The zero-order chi connectivity index (χ0) is 13.1. The quantitative estimate of drug-likeness (QED) is 0.856. The lowest BCUT2D eigenvalue weighted by molar-refractivity contribution is 0.271. The first kappa shape index (κ1) is 13.2. The Bertz CT molecular complexity index is 394. The van der Waals surface area contributed by atoms with Crippen LogP contribution < -0.4 is 5.32 Å². The second-order valence-corrected chi connectivity index (χ2v) is 6.51. The van der Waals surface area contributed by atoms with Crippen LogP contribution in [0.2, 0.25) is 0 Å². The fourth-order valence-electron chi connectivity index (χ4n) is 3.70. The van der Waals surface area contributed by atoms with Crippen molar-refractivity contribution in [2.75, 3.05) is 6.54 Å². The Morgan fingerprint density at radius 3 is 2.47 bits per heavy atom. The van der Waals surface area contributed by atoms with Gasteiger partial charge < -0.3 is 5.32 Å². The van der Waals surface area contributed by atoms with Crippen LogP contribution in [0.3, 0.4) is 0 Å². The van der Waals surface area contributed by atoms with Gasteiger partial charge in [0.05, 0.1) is 0 Å². The Hall–Kier alpha value is -0.820. The summed E-state index contributed by atoms with van der Waals surface area (Å²) in [5, 5.41) is 3.93. The van der Waals surface area contributed by atoms with E-state index in [9.17, 15) is 0 Å². The van der Waals surface area contributed by atoms with Gasteiger partial charge in [0.1, 0.15) is 0 Å². The molecule has 1 heterocycles. The van der Waals surface area contributed by atoms with Gasteiger partial charge in [-0.05, 0) is 62.1 Å². The molecule has 1 heteroatoms. The van der Waals surface area contributed by atoms with Crippen molar-refractivity contribution >= 4 is 0 Å². The van der Waals surface area contributed by atoms with E-state index in [2.05, 4.69) is 36.5 Å². The number of rotatable bonds is 4. The summed E-state index contributed by atoms with van der Waals surface area (Å²) in [6.07, 6.45) is 10.8. The van der Waals surface area contributed by atoms with E-state index in [0.29, 0.717) is 5.54 Å². The number of aryl methyl sites for hydroxylation is 1. The number of benzene rings is 1. The van der Waals surface area contributed by atoms with E-state index < -0.39 is 0 Å². The zero-order valence-electron chi connectivity index (χ0n) is 12.3. The normalized spacial score (nSPS) is 28.1. The Morgan fingerprint density at radius 2 is 1.79 bits per heavy atom. The molecule has 104 valence electrons. The van der Waals surface area contributed by atoms with Crippen molar-refractivity contribution in [3.05, 3.63) is 35.4 Å². The molecule has 1 aliphatic carbocycles. The van der Waals surface area contributed by atoms with E-state index in [-0.39, 0.29) is 0 Å². The summed E-state index contributed by atoms with van der Waals surface area (Å²) in [7, 11) is 0. The second kappa shape index (κ2) is 5.66. The van der Waals surface area contributed by atoms with Gasteiger partial charge in [-0.25, -0.2) is 0 Å². The van der Waals surface area contributed by atoms with Crippen molar-refractivity contribution in [3.63, 3.8) is 0 Å². The van der Waals surface area contributed by atoms with Gasteiger partial charge in [0.25, 0.3) is 0 Å². The topological polar surface area (TPSA) is 12.0 Å². The van der Waals surface area contributed by atoms with E-state index in [1.54, 1.807) is 0 Å². The van der Waals surface area contributed by atoms with Crippen LogP contribution in [0.5, 0.6) is 0 Å². The molecule has 0 aromatic heterocycles. The van der Waals surface area contributed by atoms with Gasteiger partial charge in [0, 0.05) is 5.54 Å². The maximum Gasteiger partial charge on any atom is 0.0249 e. The van der Waals surface area contributed by atoms with Crippen molar-refractivity contribution in [1.82, 2.24) is 5.32 Å². The smallest absolute Gasteiger partial charge is 0.0249 e. The fourth-order valence-corrected chi connectivity index (χ4v) is 3.70. The predicted octanol–water partition coefficient (Wildman–Crippen LogP) is 4.10. The zero-order valence-corrected chi connectivity index (χ0v) is 12.3. The summed E-state index contributed by atoms with van der Waals surface area (Å²) >= 11 is 0. The summed E-state index contributed by atoms with van der Waals surface area (Å²) in [6, 6.07) is 9.34. The number of nitrogens with one attached hydrogen (secondary N) is 1. The molecular formula is C18H27N. The summed E-state index contributed by atoms with van der Waals surface area (Å²) in [4.78, 5) is 0.